The molecule has 0 amide bonds. The van der Waals surface area contributed by atoms with E-state index in [2.05, 4.69) is 45.0 Å². The van der Waals surface area contributed by atoms with E-state index in [4.69, 9.17) is 17.3 Å². The molecule has 0 saturated carbocycles. The fourth-order valence-corrected chi connectivity index (χ4v) is 3.06. The Morgan fingerprint density at radius 2 is 1.57 bits per heavy atom. The highest BCUT2D eigenvalue weighted by Gasteiger charge is 2.14. The van der Waals surface area contributed by atoms with E-state index in [0.717, 1.165) is 10.8 Å². The summed E-state index contributed by atoms with van der Waals surface area (Å²) < 4.78 is 0. The van der Waals surface area contributed by atoms with Gasteiger partial charge in [0.05, 0.1) is 0 Å². The minimum Gasteiger partial charge on any atom is -0.323 e. The molecular weight excluding hydrogens is 298 g/mol. The van der Waals surface area contributed by atoms with Crippen molar-refractivity contribution in [1.29, 1.82) is 0 Å². The van der Waals surface area contributed by atoms with Gasteiger partial charge in [-0.1, -0.05) is 56.6 Å². The predicted octanol–water partition coefficient (Wildman–Crippen LogP) is 5.43. The van der Waals surface area contributed by atoms with Crippen molar-refractivity contribution >= 4 is 23.4 Å². The molecule has 2 N–H and O–H groups in total. The minimum atomic E-state index is 0.0414. The molecule has 0 aliphatic carbocycles. The fourth-order valence-electron chi connectivity index (χ4n) is 2.04. The lowest BCUT2D eigenvalue weighted by atomic mass is 9.86. The topological polar surface area (TPSA) is 26.0 Å². The molecular formula is C18H22ClNS. The van der Waals surface area contributed by atoms with Gasteiger partial charge >= 0.3 is 0 Å². The number of thioether (sulfide) groups is 1. The van der Waals surface area contributed by atoms with Crippen molar-refractivity contribution in [2.24, 2.45) is 5.73 Å². The Morgan fingerprint density at radius 1 is 1.00 bits per heavy atom. The molecule has 1 unspecified atom stereocenters. The second-order valence-corrected chi connectivity index (χ2v) is 7.77. The van der Waals surface area contributed by atoms with Gasteiger partial charge in [0.2, 0.25) is 0 Å². The van der Waals surface area contributed by atoms with Crippen LogP contribution in [0.1, 0.15) is 37.9 Å². The number of benzene rings is 2. The maximum Gasteiger partial charge on any atom is 0.0406 e. The summed E-state index contributed by atoms with van der Waals surface area (Å²) in [5.74, 6) is 0.858. The quantitative estimate of drug-likeness (QED) is 0.760. The molecule has 112 valence electrons. The van der Waals surface area contributed by atoms with Gasteiger partial charge in [0.1, 0.15) is 0 Å². The molecule has 0 fully saturated rings. The van der Waals surface area contributed by atoms with Gasteiger partial charge in [-0.25, -0.2) is 0 Å². The van der Waals surface area contributed by atoms with E-state index in [1.165, 1.54) is 16.0 Å². The summed E-state index contributed by atoms with van der Waals surface area (Å²) in [6.07, 6.45) is 0. The van der Waals surface area contributed by atoms with Crippen LogP contribution in [0.2, 0.25) is 5.02 Å². The molecule has 1 nitrogen and oxygen atoms in total. The average molecular weight is 320 g/mol. The van der Waals surface area contributed by atoms with Crippen LogP contribution in [0.3, 0.4) is 0 Å². The van der Waals surface area contributed by atoms with Crippen LogP contribution >= 0.6 is 23.4 Å². The summed E-state index contributed by atoms with van der Waals surface area (Å²) in [5.41, 5.74) is 8.99. The molecule has 0 aliphatic heterocycles. The maximum absolute atomic E-state index is 6.28. The summed E-state index contributed by atoms with van der Waals surface area (Å²) in [7, 11) is 0. The summed E-state index contributed by atoms with van der Waals surface area (Å²) >= 11 is 7.65. The van der Waals surface area contributed by atoms with Crippen molar-refractivity contribution in [2.75, 3.05) is 5.75 Å². The molecule has 0 saturated heterocycles. The van der Waals surface area contributed by atoms with Gasteiger partial charge in [-0.15, -0.1) is 11.8 Å². The van der Waals surface area contributed by atoms with Crippen LogP contribution < -0.4 is 5.73 Å². The van der Waals surface area contributed by atoms with Crippen molar-refractivity contribution < 1.29 is 0 Å². The zero-order chi connectivity index (χ0) is 15.5. The molecule has 2 rings (SSSR count). The largest absolute Gasteiger partial charge is 0.323 e. The lowest BCUT2D eigenvalue weighted by Crippen LogP contribution is -2.15. The van der Waals surface area contributed by atoms with Crippen molar-refractivity contribution in [3.05, 3.63) is 64.7 Å². The highest BCUT2D eigenvalue weighted by molar-refractivity contribution is 7.99. The van der Waals surface area contributed by atoms with Crippen molar-refractivity contribution in [3.63, 3.8) is 0 Å². The van der Waals surface area contributed by atoms with E-state index >= 15 is 0 Å². The normalized spacial score (nSPS) is 13.2. The minimum absolute atomic E-state index is 0.0414. The van der Waals surface area contributed by atoms with E-state index < -0.39 is 0 Å². The number of halogens is 1. The molecule has 0 radical (unpaired) electrons. The molecule has 0 bridgehead atoms. The van der Waals surface area contributed by atoms with Crippen molar-refractivity contribution in [2.45, 2.75) is 37.1 Å². The van der Waals surface area contributed by atoms with Gasteiger partial charge in [-0.3, -0.25) is 0 Å². The molecule has 0 aromatic heterocycles. The van der Waals surface area contributed by atoms with Crippen LogP contribution in [0, 0.1) is 0 Å². The van der Waals surface area contributed by atoms with E-state index in [9.17, 15) is 0 Å². The summed E-state index contributed by atoms with van der Waals surface area (Å²) in [6, 6.07) is 16.6. The number of rotatable bonds is 4. The zero-order valence-corrected chi connectivity index (χ0v) is 14.3. The van der Waals surface area contributed by atoms with Crippen LogP contribution in [0.4, 0.5) is 0 Å². The molecule has 1 atom stereocenters. The Kier molecular flexibility index (Phi) is 5.37. The SMILES string of the molecule is CC(C)(C)c1ccc(C(N)CSc2ccc(Cl)cc2)cc1. The Morgan fingerprint density at radius 3 is 2.10 bits per heavy atom. The molecule has 0 heterocycles. The molecule has 3 heteroatoms. The third kappa shape index (κ3) is 4.77. The Hall–Kier alpha value is -0.960. The summed E-state index contributed by atoms with van der Waals surface area (Å²) in [4.78, 5) is 1.20. The summed E-state index contributed by atoms with van der Waals surface area (Å²) in [5, 5.41) is 0.765. The number of nitrogens with two attached hydrogens (primary N) is 1. The molecule has 21 heavy (non-hydrogen) atoms. The monoisotopic (exact) mass is 319 g/mol. The standard InChI is InChI=1S/C18H22ClNS/c1-18(2,3)14-6-4-13(5-7-14)17(20)12-21-16-10-8-15(19)9-11-16/h4-11,17H,12,20H2,1-3H3. The highest BCUT2D eigenvalue weighted by atomic mass is 35.5. The van der Waals surface area contributed by atoms with Crippen LogP contribution in [0.25, 0.3) is 0 Å². The smallest absolute Gasteiger partial charge is 0.0406 e. The van der Waals surface area contributed by atoms with Crippen molar-refractivity contribution in [1.82, 2.24) is 0 Å². The first kappa shape index (κ1) is 16.4. The number of hydrogen-bond acceptors (Lipinski definition) is 2. The van der Waals surface area contributed by atoms with Gasteiger partial charge in [-0.05, 0) is 40.8 Å². The lowest BCUT2D eigenvalue weighted by molar-refractivity contribution is 0.589. The number of hydrogen-bond donors (Lipinski definition) is 1. The van der Waals surface area contributed by atoms with Crippen molar-refractivity contribution in [3.8, 4) is 0 Å². The first-order valence-electron chi connectivity index (χ1n) is 7.10. The third-order valence-corrected chi connectivity index (χ3v) is 4.83. The Labute approximate surface area is 136 Å². The molecule has 0 spiro atoms. The van der Waals surface area contributed by atoms with Gasteiger partial charge in [-0.2, -0.15) is 0 Å². The summed E-state index contributed by atoms with van der Waals surface area (Å²) in [6.45, 7) is 6.66. The average Bonchev–Trinajstić information content (AvgIpc) is 2.45. The van der Waals surface area contributed by atoms with Crippen LogP contribution in [0.15, 0.2) is 53.4 Å². The van der Waals surface area contributed by atoms with Gasteiger partial charge in [0.15, 0.2) is 0 Å². The Balaban J connectivity index is 1.97. The lowest BCUT2D eigenvalue weighted by Gasteiger charge is -2.20. The van der Waals surface area contributed by atoms with E-state index in [1.54, 1.807) is 11.8 Å². The first-order valence-corrected chi connectivity index (χ1v) is 8.47. The van der Waals surface area contributed by atoms with Crippen LogP contribution in [-0.2, 0) is 5.41 Å². The molecule has 0 aliphatic rings. The fraction of sp³-hybridized carbons (Fsp3) is 0.333. The second kappa shape index (κ2) is 6.87. The zero-order valence-electron chi connectivity index (χ0n) is 12.8. The van der Waals surface area contributed by atoms with Crippen LogP contribution in [-0.4, -0.2) is 5.75 Å². The van der Waals surface area contributed by atoms with Gasteiger partial charge in [0.25, 0.3) is 0 Å². The molecule has 2 aromatic carbocycles. The molecule has 2 aromatic rings. The van der Waals surface area contributed by atoms with E-state index in [1.807, 2.05) is 24.3 Å². The highest BCUT2D eigenvalue weighted by Crippen LogP contribution is 2.27. The van der Waals surface area contributed by atoms with Gasteiger partial charge < -0.3 is 5.73 Å². The van der Waals surface area contributed by atoms with Crippen LogP contribution in [0.5, 0.6) is 0 Å². The van der Waals surface area contributed by atoms with E-state index in [0.29, 0.717) is 0 Å². The Bertz CT molecular complexity index is 570. The third-order valence-electron chi connectivity index (χ3n) is 3.45. The predicted molar refractivity (Wildman–Crippen MR) is 94.2 cm³/mol. The maximum atomic E-state index is 6.28. The van der Waals surface area contributed by atoms with E-state index in [-0.39, 0.29) is 11.5 Å². The first-order chi connectivity index (χ1) is 9.86. The van der Waals surface area contributed by atoms with Gasteiger partial charge in [0, 0.05) is 21.7 Å². The second-order valence-electron chi connectivity index (χ2n) is 6.24.